The Kier molecular flexibility index (Phi) is 6.64. The van der Waals surface area contributed by atoms with Gasteiger partial charge in [-0.2, -0.15) is 0 Å². The van der Waals surface area contributed by atoms with Crippen LogP contribution in [-0.4, -0.2) is 15.0 Å². The van der Waals surface area contributed by atoms with Gasteiger partial charge in [0.25, 0.3) is 0 Å². The highest BCUT2D eigenvalue weighted by Crippen LogP contribution is 2.46. The van der Waals surface area contributed by atoms with Gasteiger partial charge in [-0.1, -0.05) is 115 Å². The van der Waals surface area contributed by atoms with Crippen molar-refractivity contribution in [2.45, 2.75) is 0 Å². The standard InChI is InChI=1S/C45H27N3OS/c1-2-11-28(12-3-1)37-27-38(48-45(47-37)30-22-20-29(21-23-30)36-16-8-9-26-46-36)33-25-24-32(44-43(33)34-13-4-6-17-39(34)49-44)31-15-10-19-41-42(31)35-14-5-7-18-40(35)50-41/h1-27H. The van der Waals surface area contributed by atoms with E-state index in [1.54, 1.807) is 0 Å². The van der Waals surface area contributed by atoms with Gasteiger partial charge in [-0.15, -0.1) is 11.3 Å². The lowest BCUT2D eigenvalue weighted by Gasteiger charge is -2.12. The van der Waals surface area contributed by atoms with Crippen LogP contribution in [0.4, 0.5) is 0 Å². The second-order valence-electron chi connectivity index (χ2n) is 12.4. The van der Waals surface area contributed by atoms with Crippen molar-refractivity contribution < 1.29 is 4.42 Å². The van der Waals surface area contributed by atoms with Gasteiger partial charge in [-0.3, -0.25) is 4.98 Å². The zero-order chi connectivity index (χ0) is 33.0. The molecule has 234 valence electrons. The predicted octanol–water partition coefficient (Wildman–Crippen LogP) is 12.5. The molecule has 6 aromatic carbocycles. The number of nitrogens with zero attached hydrogens (tertiary/aromatic N) is 3. The van der Waals surface area contributed by atoms with Gasteiger partial charge in [-0.25, -0.2) is 9.97 Å². The van der Waals surface area contributed by atoms with Gasteiger partial charge >= 0.3 is 0 Å². The molecule has 4 aromatic heterocycles. The maximum absolute atomic E-state index is 6.78. The fraction of sp³-hybridized carbons (Fsp3) is 0. The van der Waals surface area contributed by atoms with Crippen LogP contribution in [0.15, 0.2) is 168 Å². The first-order valence-corrected chi connectivity index (χ1v) is 17.4. The summed E-state index contributed by atoms with van der Waals surface area (Å²) in [5.41, 5.74) is 10.6. The highest BCUT2D eigenvalue weighted by atomic mass is 32.1. The number of fused-ring (bicyclic) bond motifs is 6. The molecule has 0 atom stereocenters. The second-order valence-corrected chi connectivity index (χ2v) is 13.4. The van der Waals surface area contributed by atoms with Crippen LogP contribution >= 0.6 is 11.3 Å². The maximum atomic E-state index is 6.78. The number of furan rings is 1. The van der Waals surface area contributed by atoms with Crippen molar-refractivity contribution >= 4 is 53.4 Å². The molecule has 0 aliphatic rings. The normalized spacial score (nSPS) is 11.6. The molecule has 0 amide bonds. The molecule has 0 spiro atoms. The molecule has 0 saturated carbocycles. The van der Waals surface area contributed by atoms with E-state index in [1.807, 2.05) is 66.1 Å². The third kappa shape index (κ3) is 4.71. The summed E-state index contributed by atoms with van der Waals surface area (Å²) >= 11 is 1.83. The fourth-order valence-corrected chi connectivity index (χ4v) is 8.18. The summed E-state index contributed by atoms with van der Waals surface area (Å²) < 4.78 is 9.32. The zero-order valence-corrected chi connectivity index (χ0v) is 27.6. The third-order valence-electron chi connectivity index (χ3n) is 9.39. The van der Waals surface area contributed by atoms with E-state index in [4.69, 9.17) is 14.4 Å². The van der Waals surface area contributed by atoms with Gasteiger partial charge in [0.05, 0.1) is 17.1 Å². The fourth-order valence-electron chi connectivity index (χ4n) is 7.05. The average Bonchev–Trinajstić information content (AvgIpc) is 3.77. The lowest BCUT2D eigenvalue weighted by Crippen LogP contribution is -1.96. The number of rotatable bonds is 5. The van der Waals surface area contributed by atoms with Crippen molar-refractivity contribution in [1.82, 2.24) is 15.0 Å². The van der Waals surface area contributed by atoms with Crippen LogP contribution in [0.3, 0.4) is 0 Å². The Hall–Kier alpha value is -6.43. The molecule has 0 radical (unpaired) electrons. The molecule has 50 heavy (non-hydrogen) atoms. The van der Waals surface area contributed by atoms with Gasteiger partial charge in [0.15, 0.2) is 5.82 Å². The number of hydrogen-bond acceptors (Lipinski definition) is 5. The average molecular weight is 658 g/mol. The quantitative estimate of drug-likeness (QED) is 0.185. The Bertz CT molecular complexity index is 2860. The van der Waals surface area contributed by atoms with Gasteiger partial charge in [0.1, 0.15) is 11.2 Å². The third-order valence-corrected chi connectivity index (χ3v) is 10.5. The molecule has 0 aliphatic carbocycles. The summed E-state index contributed by atoms with van der Waals surface area (Å²) in [5, 5.41) is 4.62. The summed E-state index contributed by atoms with van der Waals surface area (Å²) in [6, 6.07) is 54.6. The molecule has 0 unspecified atom stereocenters. The van der Waals surface area contributed by atoms with Crippen LogP contribution < -0.4 is 0 Å². The molecule has 4 heterocycles. The first-order chi connectivity index (χ1) is 24.8. The highest BCUT2D eigenvalue weighted by molar-refractivity contribution is 7.25. The Labute approximate surface area is 292 Å². The van der Waals surface area contributed by atoms with E-state index in [9.17, 15) is 0 Å². The van der Waals surface area contributed by atoms with Crippen LogP contribution in [-0.2, 0) is 0 Å². The molecule has 0 aliphatic heterocycles. The van der Waals surface area contributed by atoms with Gasteiger partial charge in [0, 0.05) is 65.0 Å². The smallest absolute Gasteiger partial charge is 0.160 e. The highest BCUT2D eigenvalue weighted by Gasteiger charge is 2.21. The summed E-state index contributed by atoms with van der Waals surface area (Å²) in [7, 11) is 0. The monoisotopic (exact) mass is 657 g/mol. The number of thiophene rings is 1. The molecule has 0 bridgehead atoms. The Morgan fingerprint density at radius 2 is 1.14 bits per heavy atom. The molecule has 0 fully saturated rings. The molecule has 10 rings (SSSR count). The maximum Gasteiger partial charge on any atom is 0.160 e. The molecular formula is C45H27N3OS. The summed E-state index contributed by atoms with van der Waals surface area (Å²) in [4.78, 5) is 14.9. The molecule has 5 heteroatoms. The molecular weight excluding hydrogens is 631 g/mol. The van der Waals surface area contributed by atoms with Crippen LogP contribution in [0.2, 0.25) is 0 Å². The lowest BCUT2D eigenvalue weighted by molar-refractivity contribution is 0.670. The van der Waals surface area contributed by atoms with E-state index in [-0.39, 0.29) is 0 Å². The lowest BCUT2D eigenvalue weighted by atomic mass is 9.94. The van der Waals surface area contributed by atoms with Gasteiger partial charge in [-0.05, 0) is 48.0 Å². The number of benzene rings is 6. The van der Waals surface area contributed by atoms with Crippen molar-refractivity contribution in [2.75, 3.05) is 0 Å². The molecule has 10 aromatic rings. The Morgan fingerprint density at radius 1 is 0.440 bits per heavy atom. The van der Waals surface area contributed by atoms with E-state index in [1.165, 1.54) is 20.2 Å². The minimum atomic E-state index is 0.661. The van der Waals surface area contributed by atoms with Gasteiger partial charge < -0.3 is 4.42 Å². The largest absolute Gasteiger partial charge is 0.455 e. The molecule has 0 saturated heterocycles. The van der Waals surface area contributed by atoms with E-state index in [2.05, 4.69) is 114 Å². The first kappa shape index (κ1) is 28.6. The van der Waals surface area contributed by atoms with Crippen molar-refractivity contribution in [3.63, 3.8) is 0 Å². The van der Waals surface area contributed by atoms with E-state index < -0.39 is 0 Å². The Morgan fingerprint density at radius 3 is 2.00 bits per heavy atom. The first-order valence-electron chi connectivity index (χ1n) is 16.6. The molecule has 0 N–H and O–H groups in total. The van der Waals surface area contributed by atoms with Crippen LogP contribution in [0.5, 0.6) is 0 Å². The minimum Gasteiger partial charge on any atom is -0.455 e. The van der Waals surface area contributed by atoms with E-state index >= 15 is 0 Å². The number of hydrogen-bond donors (Lipinski definition) is 0. The predicted molar refractivity (Wildman–Crippen MR) is 207 cm³/mol. The number of pyridine rings is 1. The summed E-state index contributed by atoms with van der Waals surface area (Å²) in [6.07, 6.45) is 1.82. The van der Waals surface area contributed by atoms with Crippen molar-refractivity contribution in [3.8, 4) is 56.3 Å². The van der Waals surface area contributed by atoms with Crippen molar-refractivity contribution in [2.24, 2.45) is 0 Å². The Balaban J connectivity index is 1.21. The minimum absolute atomic E-state index is 0.661. The topological polar surface area (TPSA) is 51.8 Å². The van der Waals surface area contributed by atoms with Crippen LogP contribution in [0, 0.1) is 0 Å². The summed E-state index contributed by atoms with van der Waals surface area (Å²) in [6.45, 7) is 0. The summed E-state index contributed by atoms with van der Waals surface area (Å²) in [5.74, 6) is 0.661. The van der Waals surface area contributed by atoms with E-state index in [0.717, 1.165) is 72.4 Å². The van der Waals surface area contributed by atoms with Crippen molar-refractivity contribution in [1.29, 1.82) is 0 Å². The van der Waals surface area contributed by atoms with Crippen LogP contribution in [0.25, 0.3) is 98.4 Å². The molecule has 4 nitrogen and oxygen atoms in total. The van der Waals surface area contributed by atoms with Crippen LogP contribution in [0.1, 0.15) is 0 Å². The van der Waals surface area contributed by atoms with E-state index in [0.29, 0.717) is 5.82 Å². The number of aromatic nitrogens is 3. The van der Waals surface area contributed by atoms with Crippen molar-refractivity contribution in [3.05, 3.63) is 164 Å². The second kappa shape index (κ2) is 11.6. The SMILES string of the molecule is c1ccc(-c2cc(-c3ccc(-c4cccc5sc6ccccc6c45)c4oc5ccccc5c34)nc(-c3ccc(-c4ccccn4)cc3)n2)cc1. The van der Waals surface area contributed by atoms with Gasteiger partial charge in [0.2, 0.25) is 0 Å². The number of para-hydroxylation sites is 1. The zero-order valence-electron chi connectivity index (χ0n) is 26.7.